The van der Waals surface area contributed by atoms with Crippen LogP contribution in [-0.4, -0.2) is 44.3 Å². The number of aromatic nitrogens is 8. The van der Waals surface area contributed by atoms with Crippen molar-refractivity contribution in [1.29, 1.82) is 0 Å². The predicted octanol–water partition coefficient (Wildman–Crippen LogP) is 0.324. The largest absolute Gasteiger partial charge is 0.322 e. The van der Waals surface area contributed by atoms with Gasteiger partial charge in [-0.3, -0.25) is 35.0 Å². The minimum absolute atomic E-state index is 0.0463. The monoisotopic (exact) mass is 379 g/mol. The number of aromatic amines is 3. The zero-order chi connectivity index (χ0) is 19.4. The molecule has 0 aliphatic heterocycles. The zero-order valence-corrected chi connectivity index (χ0v) is 13.8. The van der Waals surface area contributed by atoms with Gasteiger partial charge < -0.3 is 0 Å². The average molecular weight is 379 g/mol. The highest BCUT2D eigenvalue weighted by Crippen LogP contribution is 2.35. The third-order valence-corrected chi connectivity index (χ3v) is 4.17. The molecule has 0 atom stereocenters. The summed E-state index contributed by atoms with van der Waals surface area (Å²) in [6.07, 6.45) is 5.78. The van der Waals surface area contributed by atoms with Crippen molar-refractivity contribution < 1.29 is 4.92 Å². The molecule has 138 valence electrons. The Hall–Kier alpha value is -4.55. The van der Waals surface area contributed by atoms with Crippen LogP contribution in [0.15, 0.2) is 46.5 Å². The summed E-state index contributed by atoms with van der Waals surface area (Å²) < 4.78 is 2.72. The Kier molecular flexibility index (Phi) is 3.06. The van der Waals surface area contributed by atoms with Gasteiger partial charge in [-0.15, -0.1) is 0 Å². The summed E-state index contributed by atoms with van der Waals surface area (Å²) in [4.78, 5) is 42.3. The van der Waals surface area contributed by atoms with Crippen molar-refractivity contribution in [1.82, 2.24) is 39.4 Å². The highest BCUT2D eigenvalue weighted by molar-refractivity contribution is 5.81. The van der Waals surface area contributed by atoms with Gasteiger partial charge in [0, 0.05) is 48.0 Å². The van der Waals surface area contributed by atoms with E-state index in [-0.39, 0.29) is 28.2 Å². The van der Waals surface area contributed by atoms with Crippen molar-refractivity contribution in [3.63, 3.8) is 0 Å². The topological polar surface area (TPSA) is 172 Å². The van der Waals surface area contributed by atoms with E-state index in [1.54, 1.807) is 0 Å². The molecule has 13 nitrogen and oxygen atoms in total. The van der Waals surface area contributed by atoms with E-state index in [2.05, 4.69) is 30.4 Å². The van der Waals surface area contributed by atoms with Crippen LogP contribution in [0.3, 0.4) is 0 Å². The van der Waals surface area contributed by atoms with Gasteiger partial charge in [0.05, 0.1) is 4.92 Å². The van der Waals surface area contributed by atoms with Crippen LogP contribution in [0.4, 0.5) is 5.69 Å². The predicted molar refractivity (Wildman–Crippen MR) is 94.9 cm³/mol. The zero-order valence-electron chi connectivity index (χ0n) is 13.8. The fraction of sp³-hybridized carbons (Fsp3) is 0. The molecule has 0 aliphatic carbocycles. The first-order chi connectivity index (χ1) is 13.5. The van der Waals surface area contributed by atoms with Gasteiger partial charge in [0.15, 0.2) is 17.0 Å². The number of rotatable bonds is 3. The molecule has 0 unspecified atom stereocenters. The fourth-order valence-electron chi connectivity index (χ4n) is 2.97. The lowest BCUT2D eigenvalue weighted by molar-refractivity contribution is -0.383. The molecule has 28 heavy (non-hydrogen) atoms. The highest BCUT2D eigenvalue weighted by atomic mass is 16.6. The Balaban J connectivity index is 1.70. The quantitative estimate of drug-likeness (QED) is 0.299. The molecule has 5 heterocycles. The molecule has 0 aliphatic rings. The van der Waals surface area contributed by atoms with Crippen LogP contribution in [0.5, 0.6) is 0 Å². The molecule has 0 fully saturated rings. The third-order valence-electron chi connectivity index (χ3n) is 4.17. The summed E-state index contributed by atoms with van der Waals surface area (Å²) in [5.41, 5.74) is 0.624. The second-order valence-electron chi connectivity index (χ2n) is 5.94. The maximum Gasteiger partial charge on any atom is 0.322 e. The first-order valence-electron chi connectivity index (χ1n) is 7.88. The van der Waals surface area contributed by atoms with E-state index < -0.39 is 4.92 Å². The van der Waals surface area contributed by atoms with Gasteiger partial charge in [-0.2, -0.15) is 5.10 Å². The Morgan fingerprint density at radius 2 is 1.50 bits per heavy atom. The lowest BCUT2D eigenvalue weighted by atomic mass is 10.1. The minimum Gasteiger partial charge on any atom is -0.270 e. The van der Waals surface area contributed by atoms with Gasteiger partial charge >= 0.3 is 5.69 Å². The van der Waals surface area contributed by atoms with Crippen LogP contribution in [-0.2, 0) is 0 Å². The number of hydrogen-bond acceptors (Lipinski definition) is 7. The van der Waals surface area contributed by atoms with Crippen LogP contribution >= 0.6 is 0 Å². The lowest BCUT2D eigenvalue weighted by Gasteiger charge is -2.01. The molecular weight excluding hydrogens is 370 g/mol. The smallest absolute Gasteiger partial charge is 0.270 e. The number of nitro groups is 1. The second kappa shape index (κ2) is 5.47. The summed E-state index contributed by atoms with van der Waals surface area (Å²) in [5, 5.41) is 23.5. The van der Waals surface area contributed by atoms with Gasteiger partial charge in [0.1, 0.15) is 5.69 Å². The molecule has 13 heteroatoms. The van der Waals surface area contributed by atoms with Gasteiger partial charge in [0.2, 0.25) is 0 Å². The third kappa shape index (κ3) is 2.30. The number of hydrogen-bond donors (Lipinski definition) is 3. The van der Waals surface area contributed by atoms with Crippen LogP contribution in [0.2, 0.25) is 0 Å². The lowest BCUT2D eigenvalue weighted by Crippen LogP contribution is -2.00. The fourth-order valence-corrected chi connectivity index (χ4v) is 2.97. The molecule has 0 bridgehead atoms. The Morgan fingerprint density at radius 1 is 0.929 bits per heavy atom. The van der Waals surface area contributed by atoms with E-state index in [4.69, 9.17) is 0 Å². The van der Waals surface area contributed by atoms with Crippen molar-refractivity contribution in [2.45, 2.75) is 0 Å². The molecule has 0 spiro atoms. The highest BCUT2D eigenvalue weighted by Gasteiger charge is 2.27. The molecule has 5 rings (SSSR count). The van der Waals surface area contributed by atoms with Crippen molar-refractivity contribution in [2.75, 3.05) is 0 Å². The van der Waals surface area contributed by atoms with Gasteiger partial charge in [-0.05, 0) is 0 Å². The number of H-pyrrole nitrogens is 3. The molecule has 0 aromatic carbocycles. The SMILES string of the molecule is O=c1cc2ncc(-c3n[nH]c(-c4cnc5cc(=O)[nH]n5c4)c3[N+](=O)[O-])cn2[nH]1. The maximum absolute atomic E-state index is 11.8. The van der Waals surface area contributed by atoms with Gasteiger partial charge in [0.25, 0.3) is 11.1 Å². The minimum atomic E-state index is -0.570. The van der Waals surface area contributed by atoms with Crippen molar-refractivity contribution in [3.05, 3.63) is 67.7 Å². The van der Waals surface area contributed by atoms with E-state index >= 15 is 0 Å². The van der Waals surface area contributed by atoms with Crippen LogP contribution in [0, 0.1) is 10.1 Å². The Labute approximate surface area is 152 Å². The van der Waals surface area contributed by atoms with Crippen molar-refractivity contribution >= 4 is 17.0 Å². The molecule has 0 saturated carbocycles. The van der Waals surface area contributed by atoms with Crippen LogP contribution < -0.4 is 11.1 Å². The molecule has 3 N–H and O–H groups in total. The average Bonchev–Trinajstić information content (AvgIpc) is 3.33. The van der Waals surface area contributed by atoms with Crippen LogP contribution in [0.1, 0.15) is 0 Å². The molecular formula is C15H9N9O4. The van der Waals surface area contributed by atoms with E-state index in [9.17, 15) is 19.7 Å². The van der Waals surface area contributed by atoms with E-state index in [1.165, 1.54) is 46.0 Å². The molecule has 0 amide bonds. The number of nitrogens with one attached hydrogen (secondary N) is 3. The van der Waals surface area contributed by atoms with E-state index in [0.29, 0.717) is 22.4 Å². The van der Waals surface area contributed by atoms with E-state index in [0.717, 1.165) is 0 Å². The standard InChI is InChI=1S/C15H9N9O4/c25-11-1-9-16-3-7(5-22(9)20-11)13-15(24(27)28)14(19-18-13)8-4-17-10-2-12(26)21-23(10)6-8/h1-6H,(H,18,19)(H,20,25)(H,21,26). The maximum atomic E-state index is 11.8. The van der Waals surface area contributed by atoms with Gasteiger partial charge in [-0.1, -0.05) is 0 Å². The van der Waals surface area contributed by atoms with Crippen LogP contribution in [0.25, 0.3) is 33.8 Å². The molecule has 0 radical (unpaired) electrons. The Bertz CT molecular complexity index is 1390. The normalized spacial score (nSPS) is 11.4. The summed E-state index contributed by atoms with van der Waals surface area (Å²) in [6.45, 7) is 0. The molecule has 5 aromatic heterocycles. The van der Waals surface area contributed by atoms with Crippen molar-refractivity contribution in [2.24, 2.45) is 0 Å². The first-order valence-corrected chi connectivity index (χ1v) is 7.88. The summed E-state index contributed by atoms with van der Waals surface area (Å²) in [6, 6.07) is 2.60. The molecule has 5 aromatic rings. The summed E-state index contributed by atoms with van der Waals surface area (Å²) in [5.74, 6) is 0. The summed E-state index contributed by atoms with van der Waals surface area (Å²) in [7, 11) is 0. The number of nitrogens with zero attached hydrogens (tertiary/aromatic N) is 6. The van der Waals surface area contributed by atoms with E-state index in [1.807, 2.05) is 0 Å². The molecule has 0 saturated heterocycles. The number of fused-ring (bicyclic) bond motifs is 2. The first kappa shape index (κ1) is 15.7. The van der Waals surface area contributed by atoms with Gasteiger partial charge in [-0.25, -0.2) is 19.0 Å². The summed E-state index contributed by atoms with van der Waals surface area (Å²) >= 11 is 0. The van der Waals surface area contributed by atoms with Crippen molar-refractivity contribution in [3.8, 4) is 22.5 Å². The second-order valence-corrected chi connectivity index (χ2v) is 5.94. The Morgan fingerprint density at radius 3 is 2.11 bits per heavy atom.